The van der Waals surface area contributed by atoms with Crippen LogP contribution in [-0.4, -0.2) is 41.6 Å². The van der Waals surface area contributed by atoms with Gasteiger partial charge in [-0.3, -0.25) is 4.79 Å². The van der Waals surface area contributed by atoms with Gasteiger partial charge in [0.2, 0.25) is 12.7 Å². The van der Waals surface area contributed by atoms with Crippen molar-refractivity contribution < 1.29 is 23.5 Å². The van der Waals surface area contributed by atoms with Gasteiger partial charge in [0.15, 0.2) is 11.5 Å². The lowest BCUT2D eigenvalue weighted by atomic mass is 9.96. The highest BCUT2D eigenvalue weighted by atomic mass is 19.1. The van der Waals surface area contributed by atoms with Crippen molar-refractivity contribution in [2.75, 3.05) is 19.9 Å². The van der Waals surface area contributed by atoms with Gasteiger partial charge in [-0.05, 0) is 36.6 Å². The van der Waals surface area contributed by atoms with Gasteiger partial charge in [-0.15, -0.1) is 0 Å². The third kappa shape index (κ3) is 4.32. The lowest BCUT2D eigenvalue weighted by Crippen LogP contribution is -2.48. The normalized spacial score (nSPS) is 17.6. The molecule has 1 saturated heterocycles. The van der Waals surface area contributed by atoms with Crippen molar-refractivity contribution in [2.24, 2.45) is 11.7 Å². The summed E-state index contributed by atoms with van der Waals surface area (Å²) in [6.07, 6.45) is 1.37. The van der Waals surface area contributed by atoms with E-state index in [1.165, 1.54) is 11.0 Å². The number of fused-ring (bicyclic) bond motifs is 1. The molecule has 0 radical (unpaired) electrons. The molecule has 4 rings (SSSR count). The third-order valence-electron chi connectivity index (χ3n) is 5.52. The van der Waals surface area contributed by atoms with Gasteiger partial charge in [-0.2, -0.15) is 0 Å². The summed E-state index contributed by atoms with van der Waals surface area (Å²) in [7, 11) is 0. The van der Waals surface area contributed by atoms with Gasteiger partial charge in [-0.1, -0.05) is 24.3 Å². The molecule has 0 saturated carbocycles. The van der Waals surface area contributed by atoms with Gasteiger partial charge < -0.3 is 25.0 Å². The van der Waals surface area contributed by atoms with E-state index in [1.54, 1.807) is 29.2 Å². The predicted octanol–water partition coefficient (Wildman–Crippen LogP) is 2.87. The molecule has 2 aliphatic heterocycles. The van der Waals surface area contributed by atoms with E-state index in [4.69, 9.17) is 15.2 Å². The molecule has 0 aliphatic carbocycles. The summed E-state index contributed by atoms with van der Waals surface area (Å²) in [5.74, 6) is 0.441. The van der Waals surface area contributed by atoms with Crippen molar-refractivity contribution in [3.05, 3.63) is 59.4 Å². The first-order chi connectivity index (χ1) is 14.5. The fraction of sp³-hybridized carbons (Fsp3) is 0.364. The number of ether oxygens (including phenoxy) is 2. The maximum atomic E-state index is 14.3. The van der Waals surface area contributed by atoms with Gasteiger partial charge in [0.25, 0.3) is 0 Å². The molecule has 2 aromatic carbocycles. The van der Waals surface area contributed by atoms with E-state index in [0.29, 0.717) is 36.4 Å². The number of likely N-dealkylation sites (tertiary alicyclic amines) is 1. The number of rotatable bonds is 5. The Morgan fingerprint density at radius 3 is 2.73 bits per heavy atom. The molecule has 1 atom stereocenters. The molecule has 2 aromatic rings. The number of piperidine rings is 1. The second-order valence-corrected chi connectivity index (χ2v) is 7.60. The average molecular weight is 413 g/mol. The SMILES string of the molecule is NC(=O)N1CCCC(C(=O)N(Cc2ccc3c(c2)OCO3)Cc2ccccc2F)C1. The summed E-state index contributed by atoms with van der Waals surface area (Å²) in [6, 6.07) is 11.4. The van der Waals surface area contributed by atoms with Gasteiger partial charge in [-0.25, -0.2) is 9.18 Å². The van der Waals surface area contributed by atoms with Gasteiger partial charge in [0.05, 0.1) is 5.92 Å². The summed E-state index contributed by atoms with van der Waals surface area (Å²) >= 11 is 0. The first-order valence-corrected chi connectivity index (χ1v) is 9.96. The summed E-state index contributed by atoms with van der Waals surface area (Å²) in [5, 5.41) is 0. The maximum absolute atomic E-state index is 14.3. The summed E-state index contributed by atoms with van der Waals surface area (Å²) < 4.78 is 25.1. The fourth-order valence-electron chi connectivity index (χ4n) is 3.94. The highest BCUT2D eigenvalue weighted by Crippen LogP contribution is 2.33. The molecule has 8 heteroatoms. The molecule has 1 fully saturated rings. The number of nitrogens with two attached hydrogens (primary N) is 1. The number of primary amides is 1. The van der Waals surface area contributed by atoms with Crippen molar-refractivity contribution >= 4 is 11.9 Å². The molecular formula is C22H24FN3O4. The van der Waals surface area contributed by atoms with Crippen LogP contribution in [0.3, 0.4) is 0 Å². The van der Waals surface area contributed by atoms with Crippen LogP contribution in [-0.2, 0) is 17.9 Å². The summed E-state index contributed by atoms with van der Waals surface area (Å²) in [4.78, 5) is 28.1. The Kier molecular flexibility index (Phi) is 5.74. The summed E-state index contributed by atoms with van der Waals surface area (Å²) in [5.41, 5.74) is 6.70. The molecule has 3 amide bonds. The Bertz CT molecular complexity index is 952. The van der Waals surface area contributed by atoms with Gasteiger partial charge in [0.1, 0.15) is 5.82 Å². The maximum Gasteiger partial charge on any atom is 0.314 e. The van der Waals surface area contributed by atoms with E-state index in [0.717, 1.165) is 5.56 Å². The van der Waals surface area contributed by atoms with Crippen LogP contribution < -0.4 is 15.2 Å². The molecule has 0 bridgehead atoms. The van der Waals surface area contributed by atoms with Crippen molar-refractivity contribution in [1.82, 2.24) is 9.80 Å². The van der Waals surface area contributed by atoms with Crippen LogP contribution >= 0.6 is 0 Å². The Balaban J connectivity index is 1.57. The van der Waals surface area contributed by atoms with E-state index in [-0.39, 0.29) is 44.1 Å². The number of benzene rings is 2. The monoisotopic (exact) mass is 413 g/mol. The number of amides is 3. The van der Waals surface area contributed by atoms with E-state index in [2.05, 4.69) is 0 Å². The Hall–Kier alpha value is -3.29. The number of hydrogen-bond donors (Lipinski definition) is 1. The standard InChI is InChI=1S/C22H24FN3O4/c23-18-6-2-1-4-16(18)12-26(11-15-7-8-19-20(10-15)30-14-29-19)21(27)17-5-3-9-25(13-17)22(24)28/h1-2,4,6-8,10,17H,3,5,9,11-14H2,(H2,24,28). The average Bonchev–Trinajstić information content (AvgIpc) is 3.22. The minimum Gasteiger partial charge on any atom is -0.454 e. The number of hydrogen-bond acceptors (Lipinski definition) is 4. The zero-order chi connectivity index (χ0) is 21.1. The lowest BCUT2D eigenvalue weighted by molar-refractivity contribution is -0.138. The smallest absolute Gasteiger partial charge is 0.314 e. The quantitative estimate of drug-likeness (QED) is 0.817. The minimum absolute atomic E-state index is 0.123. The lowest BCUT2D eigenvalue weighted by Gasteiger charge is -2.34. The number of halogens is 1. The second kappa shape index (κ2) is 8.61. The van der Waals surface area contributed by atoms with E-state index < -0.39 is 6.03 Å². The molecule has 2 aliphatic rings. The van der Waals surface area contributed by atoms with E-state index >= 15 is 0 Å². The first-order valence-electron chi connectivity index (χ1n) is 9.96. The Morgan fingerprint density at radius 2 is 1.93 bits per heavy atom. The third-order valence-corrected chi connectivity index (χ3v) is 5.52. The van der Waals surface area contributed by atoms with Crippen LogP contribution in [0.15, 0.2) is 42.5 Å². The van der Waals surface area contributed by atoms with Gasteiger partial charge >= 0.3 is 6.03 Å². The van der Waals surface area contributed by atoms with Crippen LogP contribution in [0.5, 0.6) is 11.5 Å². The molecule has 0 aromatic heterocycles. The number of urea groups is 1. The highest BCUT2D eigenvalue weighted by molar-refractivity contribution is 5.80. The predicted molar refractivity (Wildman–Crippen MR) is 107 cm³/mol. The largest absolute Gasteiger partial charge is 0.454 e. The molecule has 30 heavy (non-hydrogen) atoms. The van der Waals surface area contributed by atoms with Gasteiger partial charge in [0, 0.05) is 31.7 Å². The minimum atomic E-state index is -0.524. The second-order valence-electron chi connectivity index (χ2n) is 7.60. The van der Waals surface area contributed by atoms with Crippen molar-refractivity contribution in [3.8, 4) is 11.5 Å². The van der Waals surface area contributed by atoms with E-state index in [9.17, 15) is 14.0 Å². The fourth-order valence-corrected chi connectivity index (χ4v) is 3.94. The highest BCUT2D eigenvalue weighted by Gasteiger charge is 2.31. The van der Waals surface area contributed by atoms with Crippen molar-refractivity contribution in [2.45, 2.75) is 25.9 Å². The molecule has 2 N–H and O–H groups in total. The van der Waals surface area contributed by atoms with Crippen LogP contribution in [0.1, 0.15) is 24.0 Å². The number of carbonyl (C=O) groups excluding carboxylic acids is 2. The molecule has 0 spiro atoms. The molecular weight excluding hydrogens is 389 g/mol. The van der Waals surface area contributed by atoms with Crippen LogP contribution in [0.2, 0.25) is 0 Å². The number of carbonyl (C=O) groups is 2. The zero-order valence-electron chi connectivity index (χ0n) is 16.6. The van der Waals surface area contributed by atoms with Crippen molar-refractivity contribution in [1.29, 1.82) is 0 Å². The summed E-state index contributed by atoms with van der Waals surface area (Å²) in [6.45, 7) is 1.42. The zero-order valence-corrected chi connectivity index (χ0v) is 16.6. The van der Waals surface area contributed by atoms with Crippen LogP contribution in [0, 0.1) is 11.7 Å². The number of nitrogens with zero attached hydrogens (tertiary/aromatic N) is 2. The van der Waals surface area contributed by atoms with E-state index in [1.807, 2.05) is 12.1 Å². The molecule has 7 nitrogen and oxygen atoms in total. The molecule has 158 valence electrons. The van der Waals surface area contributed by atoms with Crippen molar-refractivity contribution in [3.63, 3.8) is 0 Å². The molecule has 1 unspecified atom stereocenters. The first kappa shape index (κ1) is 20.0. The Labute approximate surface area is 174 Å². The topological polar surface area (TPSA) is 85.1 Å². The Morgan fingerprint density at radius 1 is 1.13 bits per heavy atom. The molecule has 2 heterocycles. The van der Waals surface area contributed by atoms with Crippen LogP contribution in [0.4, 0.5) is 9.18 Å². The van der Waals surface area contributed by atoms with Crippen LogP contribution in [0.25, 0.3) is 0 Å².